The zero-order chi connectivity index (χ0) is 29.4. The molecule has 0 saturated heterocycles. The van der Waals surface area contributed by atoms with Crippen molar-refractivity contribution in [3.63, 3.8) is 0 Å². The van der Waals surface area contributed by atoms with E-state index in [9.17, 15) is 27.9 Å². The van der Waals surface area contributed by atoms with Gasteiger partial charge in [-0.1, -0.05) is 40.9 Å². The van der Waals surface area contributed by atoms with E-state index in [-0.39, 0.29) is 38.8 Å². The van der Waals surface area contributed by atoms with Gasteiger partial charge in [-0.2, -0.15) is 13.2 Å². The van der Waals surface area contributed by atoms with Crippen molar-refractivity contribution in [2.75, 3.05) is 0 Å². The van der Waals surface area contributed by atoms with Gasteiger partial charge in [0.2, 0.25) is 0 Å². The van der Waals surface area contributed by atoms with E-state index >= 15 is 0 Å². The van der Waals surface area contributed by atoms with Crippen LogP contribution in [-0.2, 0) is 17.8 Å². The first kappa shape index (κ1) is 29.4. The van der Waals surface area contributed by atoms with Gasteiger partial charge < -0.3 is 15.6 Å². The number of para-hydroxylation sites is 1. The molecule has 0 aliphatic carbocycles. The number of carbonyl (C=O) groups excluding carboxylic acids is 1. The van der Waals surface area contributed by atoms with Crippen LogP contribution in [0.5, 0.6) is 0 Å². The number of carbonyl (C=O) groups is 1. The first-order valence-electron chi connectivity index (χ1n) is 11.3. The Labute approximate surface area is 238 Å². The molecule has 3 N–H and O–H groups in total. The molecule has 2 aromatic carbocycles. The molecule has 2 atom stereocenters. The van der Waals surface area contributed by atoms with Crippen LogP contribution < -0.4 is 11.4 Å². The number of alkyl halides is 3. The van der Waals surface area contributed by atoms with Gasteiger partial charge in [0, 0.05) is 10.6 Å². The van der Waals surface area contributed by atoms with Crippen LogP contribution in [-0.4, -0.2) is 52.6 Å². The van der Waals surface area contributed by atoms with Crippen LogP contribution >= 0.6 is 34.8 Å². The number of benzene rings is 2. The Bertz CT molecular complexity index is 1580. The van der Waals surface area contributed by atoms with Crippen LogP contribution in [0.1, 0.15) is 24.7 Å². The van der Waals surface area contributed by atoms with E-state index in [1.165, 1.54) is 48.0 Å². The predicted molar refractivity (Wildman–Crippen MR) is 139 cm³/mol. The number of aliphatic hydroxyl groups excluding tert-OH is 1. The molecule has 1 unspecified atom stereocenters. The number of halogens is 6. The van der Waals surface area contributed by atoms with Gasteiger partial charge in [-0.15, -0.1) is 10.2 Å². The van der Waals surface area contributed by atoms with Crippen LogP contribution in [0, 0.1) is 0 Å². The molecule has 1 amide bonds. The van der Waals surface area contributed by atoms with Crippen LogP contribution in [0.4, 0.5) is 18.0 Å². The minimum atomic E-state index is -4.99. The van der Waals surface area contributed by atoms with Crippen LogP contribution in [0.3, 0.4) is 0 Å². The zero-order valence-corrected chi connectivity index (χ0v) is 22.6. The number of hydrogen-bond acceptors (Lipinski definition) is 7. The molecule has 17 heteroatoms. The molecule has 0 fully saturated rings. The maximum absolute atomic E-state index is 13.2. The lowest BCUT2D eigenvalue weighted by Gasteiger charge is -2.15. The van der Waals surface area contributed by atoms with E-state index in [1.807, 2.05) is 0 Å². The molecule has 0 aliphatic rings. The topological polar surface area (TPSA) is 143 Å². The molecule has 0 bridgehead atoms. The van der Waals surface area contributed by atoms with Crippen molar-refractivity contribution in [2.24, 2.45) is 5.73 Å². The normalized spacial score (nSPS) is 13.3. The maximum Gasteiger partial charge on any atom is 0.416 e. The third-order valence-electron chi connectivity index (χ3n) is 5.53. The lowest BCUT2D eigenvalue weighted by molar-refractivity contribution is -0.207. The van der Waals surface area contributed by atoms with Gasteiger partial charge in [-0.3, -0.25) is 4.57 Å². The predicted octanol–water partition coefficient (Wildman–Crippen LogP) is 4.38. The summed E-state index contributed by atoms with van der Waals surface area (Å²) < 4.78 is 47.2. The van der Waals surface area contributed by atoms with Crippen molar-refractivity contribution >= 4 is 40.9 Å². The Morgan fingerprint density at radius 2 is 1.73 bits per heavy atom. The summed E-state index contributed by atoms with van der Waals surface area (Å²) in [6, 6.07) is 10.5. The van der Waals surface area contributed by atoms with Crippen molar-refractivity contribution in [3.8, 4) is 17.1 Å². The van der Waals surface area contributed by atoms with Gasteiger partial charge in [-0.05, 0) is 43.3 Å². The lowest BCUT2D eigenvalue weighted by Crippen LogP contribution is -2.37. The third-order valence-corrected chi connectivity index (χ3v) is 6.39. The summed E-state index contributed by atoms with van der Waals surface area (Å²) in [5.74, 6) is -0.192. The first-order chi connectivity index (χ1) is 18.8. The van der Waals surface area contributed by atoms with Crippen LogP contribution in [0.25, 0.3) is 17.1 Å². The highest BCUT2D eigenvalue weighted by atomic mass is 35.5. The van der Waals surface area contributed by atoms with E-state index in [4.69, 9.17) is 45.3 Å². The number of amides is 1. The standard InChI is InChI=1S/C23H19Cl3F3N7O4/c1-11(40-21(30)38)19-31-17(32-36(19)18-14(25)3-2-4-15(18)26)10-35-22(39)34(9-16(37)23(27,28)29)20(33-35)12-5-7-13(24)8-6-12/h2-8,11,16,37H,9-10H2,1H3,(H2,30,38)/t11?,16-/m0/s1. The molecule has 0 aliphatic heterocycles. The van der Waals surface area contributed by atoms with E-state index in [1.54, 1.807) is 6.07 Å². The quantitative estimate of drug-likeness (QED) is 0.298. The average molecular weight is 621 g/mol. The number of ether oxygens (including phenoxy) is 1. The minimum absolute atomic E-state index is 0.0294. The summed E-state index contributed by atoms with van der Waals surface area (Å²) >= 11 is 18.6. The minimum Gasteiger partial charge on any atom is -0.438 e. The number of nitrogens with two attached hydrogens (primary N) is 1. The molecule has 2 heterocycles. The van der Waals surface area contributed by atoms with Crippen molar-refractivity contribution in [1.29, 1.82) is 0 Å². The van der Waals surface area contributed by atoms with E-state index in [0.717, 1.165) is 4.68 Å². The highest BCUT2D eigenvalue weighted by molar-refractivity contribution is 6.37. The van der Waals surface area contributed by atoms with E-state index < -0.39 is 43.3 Å². The van der Waals surface area contributed by atoms with Crippen molar-refractivity contribution < 1.29 is 27.8 Å². The number of primary amides is 1. The lowest BCUT2D eigenvalue weighted by atomic mass is 10.2. The summed E-state index contributed by atoms with van der Waals surface area (Å²) in [6.45, 7) is -0.0934. The molecule has 11 nitrogen and oxygen atoms in total. The molecular weight excluding hydrogens is 602 g/mol. The fourth-order valence-corrected chi connectivity index (χ4v) is 4.40. The monoisotopic (exact) mass is 619 g/mol. The maximum atomic E-state index is 13.2. The Balaban J connectivity index is 1.82. The molecule has 0 saturated carbocycles. The van der Waals surface area contributed by atoms with E-state index in [0.29, 0.717) is 9.59 Å². The van der Waals surface area contributed by atoms with E-state index in [2.05, 4.69) is 15.2 Å². The molecule has 212 valence electrons. The Hall–Kier alpha value is -3.59. The Morgan fingerprint density at radius 3 is 2.30 bits per heavy atom. The van der Waals surface area contributed by atoms with Crippen LogP contribution in [0.15, 0.2) is 47.3 Å². The largest absolute Gasteiger partial charge is 0.438 e. The highest BCUT2D eigenvalue weighted by Gasteiger charge is 2.39. The molecule has 0 spiro atoms. The van der Waals surface area contributed by atoms with Gasteiger partial charge in [0.15, 0.2) is 29.7 Å². The van der Waals surface area contributed by atoms with Crippen LogP contribution in [0.2, 0.25) is 15.1 Å². The second-order valence-corrected chi connectivity index (χ2v) is 9.64. The summed E-state index contributed by atoms with van der Waals surface area (Å²) in [4.78, 5) is 28.9. The summed E-state index contributed by atoms with van der Waals surface area (Å²) in [6.07, 6.45) is -9.97. The van der Waals surface area contributed by atoms with Gasteiger partial charge in [0.25, 0.3) is 0 Å². The van der Waals surface area contributed by atoms with Crippen molar-refractivity contribution in [3.05, 3.63) is 79.7 Å². The Kier molecular flexibility index (Phi) is 8.44. The second-order valence-electron chi connectivity index (χ2n) is 8.39. The average Bonchev–Trinajstić information content (AvgIpc) is 3.40. The van der Waals surface area contributed by atoms with Crippen molar-refractivity contribution in [2.45, 2.75) is 38.4 Å². The third kappa shape index (κ3) is 6.25. The SMILES string of the molecule is CC(OC(N)=O)c1nc(Cn2nc(-c3ccc(Cl)cc3)n(C[C@H](O)C(F)(F)F)c2=O)nn1-c1c(Cl)cccc1Cl. The second kappa shape index (κ2) is 11.5. The van der Waals surface area contributed by atoms with Gasteiger partial charge >= 0.3 is 18.0 Å². The smallest absolute Gasteiger partial charge is 0.416 e. The number of aromatic nitrogens is 6. The van der Waals surface area contributed by atoms with Gasteiger partial charge in [0.1, 0.15) is 12.2 Å². The molecule has 40 heavy (non-hydrogen) atoms. The van der Waals surface area contributed by atoms with Gasteiger partial charge in [0.05, 0.1) is 16.6 Å². The summed E-state index contributed by atoms with van der Waals surface area (Å²) in [5, 5.41) is 18.9. The Morgan fingerprint density at radius 1 is 1.10 bits per heavy atom. The molecule has 4 aromatic rings. The summed E-state index contributed by atoms with van der Waals surface area (Å²) in [5.41, 5.74) is 4.61. The molecular formula is C23H19Cl3F3N7O4. The number of rotatable bonds is 8. The molecule has 4 rings (SSSR count). The molecule has 2 aromatic heterocycles. The first-order valence-corrected chi connectivity index (χ1v) is 12.4. The number of aliphatic hydroxyl groups is 1. The fourth-order valence-electron chi connectivity index (χ4n) is 3.71. The highest BCUT2D eigenvalue weighted by Crippen LogP contribution is 2.31. The number of nitrogens with zero attached hydrogens (tertiary/aromatic N) is 6. The molecule has 0 radical (unpaired) electrons. The number of hydrogen-bond donors (Lipinski definition) is 2. The van der Waals surface area contributed by atoms with Gasteiger partial charge in [-0.25, -0.2) is 23.9 Å². The zero-order valence-electron chi connectivity index (χ0n) is 20.3. The fraction of sp³-hybridized carbons (Fsp3) is 0.261. The summed E-state index contributed by atoms with van der Waals surface area (Å²) in [7, 11) is 0. The van der Waals surface area contributed by atoms with Crippen molar-refractivity contribution in [1.82, 2.24) is 29.1 Å².